The maximum atomic E-state index is 12.4. The number of hydrogen-bond acceptors (Lipinski definition) is 4. The molecule has 0 aromatic heterocycles. The van der Waals surface area contributed by atoms with Crippen molar-refractivity contribution < 1.29 is 9.72 Å². The zero-order valence-electron chi connectivity index (χ0n) is 10.8. The van der Waals surface area contributed by atoms with Crippen LogP contribution in [0.2, 0.25) is 5.02 Å². The van der Waals surface area contributed by atoms with Crippen molar-refractivity contribution >= 4 is 35.6 Å². The summed E-state index contributed by atoms with van der Waals surface area (Å²) in [5.74, 6) is -0.322. The third kappa shape index (κ3) is 3.39. The molecule has 1 aliphatic heterocycles. The zero-order chi connectivity index (χ0) is 14.0. The van der Waals surface area contributed by atoms with Crippen LogP contribution in [-0.2, 0) is 0 Å². The number of piperazine rings is 1. The molecule has 1 amide bonds. The molecule has 20 heavy (non-hydrogen) atoms. The molecule has 0 unspecified atom stereocenters. The number of nitrogens with zero attached hydrogens (tertiary/aromatic N) is 2. The quantitative estimate of drug-likeness (QED) is 0.669. The number of amides is 1. The molecule has 1 aliphatic rings. The van der Waals surface area contributed by atoms with E-state index in [-0.39, 0.29) is 40.6 Å². The fourth-order valence-corrected chi connectivity index (χ4v) is 2.30. The van der Waals surface area contributed by atoms with Crippen LogP contribution in [0.5, 0.6) is 0 Å². The molecule has 0 aliphatic carbocycles. The van der Waals surface area contributed by atoms with Gasteiger partial charge in [-0.05, 0) is 19.1 Å². The van der Waals surface area contributed by atoms with Crippen molar-refractivity contribution in [2.75, 3.05) is 19.6 Å². The SMILES string of the molecule is C[C@@H]1CNCCN1C(=O)c1ccc(Cl)cc1[N+](=O)[O-].Cl. The summed E-state index contributed by atoms with van der Waals surface area (Å²) in [6.45, 7) is 3.83. The summed E-state index contributed by atoms with van der Waals surface area (Å²) >= 11 is 5.74. The number of benzene rings is 1. The smallest absolute Gasteiger partial charge is 0.283 e. The summed E-state index contributed by atoms with van der Waals surface area (Å²) < 4.78 is 0. The highest BCUT2D eigenvalue weighted by molar-refractivity contribution is 6.31. The fraction of sp³-hybridized carbons (Fsp3) is 0.417. The van der Waals surface area contributed by atoms with Gasteiger partial charge in [-0.15, -0.1) is 12.4 Å². The lowest BCUT2D eigenvalue weighted by Crippen LogP contribution is -2.52. The van der Waals surface area contributed by atoms with Gasteiger partial charge in [0.2, 0.25) is 0 Å². The van der Waals surface area contributed by atoms with Crippen LogP contribution in [0.4, 0.5) is 5.69 Å². The van der Waals surface area contributed by atoms with Crippen molar-refractivity contribution in [1.82, 2.24) is 10.2 Å². The Morgan fingerprint density at radius 1 is 1.55 bits per heavy atom. The largest absolute Gasteiger partial charge is 0.333 e. The van der Waals surface area contributed by atoms with Crippen LogP contribution in [0.1, 0.15) is 17.3 Å². The minimum atomic E-state index is -0.577. The second-order valence-corrected chi connectivity index (χ2v) is 4.91. The van der Waals surface area contributed by atoms with Crippen molar-refractivity contribution in [2.24, 2.45) is 0 Å². The maximum Gasteiger partial charge on any atom is 0.283 e. The number of nitro benzene ring substituents is 1. The average molecular weight is 320 g/mol. The molecule has 110 valence electrons. The van der Waals surface area contributed by atoms with E-state index in [1.807, 2.05) is 6.92 Å². The molecule has 1 N–H and O–H groups in total. The third-order valence-corrected chi connectivity index (χ3v) is 3.38. The molecule has 1 heterocycles. The Balaban J connectivity index is 0.00000200. The fourth-order valence-electron chi connectivity index (χ4n) is 2.13. The zero-order valence-corrected chi connectivity index (χ0v) is 12.4. The molecule has 0 radical (unpaired) electrons. The molecule has 1 fully saturated rings. The van der Waals surface area contributed by atoms with Gasteiger partial charge in [0.25, 0.3) is 11.6 Å². The van der Waals surface area contributed by atoms with Gasteiger partial charge in [0.15, 0.2) is 0 Å². The normalized spacial score (nSPS) is 18.3. The van der Waals surface area contributed by atoms with Crippen LogP contribution in [0.25, 0.3) is 0 Å². The molecule has 0 saturated carbocycles. The summed E-state index contributed by atoms with van der Waals surface area (Å²) in [5, 5.41) is 14.4. The molecule has 8 heteroatoms. The molecule has 6 nitrogen and oxygen atoms in total. The van der Waals surface area contributed by atoms with E-state index in [9.17, 15) is 14.9 Å². The Bertz CT molecular complexity index is 525. The summed E-state index contributed by atoms with van der Waals surface area (Å²) in [6, 6.07) is 4.13. The van der Waals surface area contributed by atoms with Gasteiger partial charge in [-0.2, -0.15) is 0 Å². The van der Waals surface area contributed by atoms with Crippen LogP contribution < -0.4 is 5.32 Å². The Kier molecular flexibility index (Phi) is 5.74. The predicted molar refractivity (Wildman–Crippen MR) is 78.7 cm³/mol. The number of nitro groups is 1. The van der Waals surface area contributed by atoms with Crippen molar-refractivity contribution in [3.8, 4) is 0 Å². The number of rotatable bonds is 2. The first-order valence-corrected chi connectivity index (χ1v) is 6.34. The third-order valence-electron chi connectivity index (χ3n) is 3.15. The Hall–Kier alpha value is -1.37. The lowest BCUT2D eigenvalue weighted by molar-refractivity contribution is -0.385. The predicted octanol–water partition coefficient (Wildman–Crippen LogP) is 2.10. The molecule has 0 bridgehead atoms. The lowest BCUT2D eigenvalue weighted by atomic mass is 10.1. The van der Waals surface area contributed by atoms with Gasteiger partial charge in [-0.25, -0.2) is 0 Å². The molecular formula is C12H15Cl2N3O3. The number of carbonyl (C=O) groups is 1. The van der Waals surface area contributed by atoms with Gasteiger partial charge in [0.05, 0.1) is 4.92 Å². The Morgan fingerprint density at radius 3 is 2.85 bits per heavy atom. The minimum Gasteiger partial charge on any atom is -0.333 e. The maximum absolute atomic E-state index is 12.4. The summed E-state index contributed by atoms with van der Waals surface area (Å²) in [5.41, 5.74) is -0.161. The van der Waals surface area contributed by atoms with E-state index in [1.54, 1.807) is 4.90 Å². The highest BCUT2D eigenvalue weighted by Crippen LogP contribution is 2.25. The van der Waals surface area contributed by atoms with E-state index in [0.717, 1.165) is 0 Å². The van der Waals surface area contributed by atoms with Crippen molar-refractivity contribution in [3.63, 3.8) is 0 Å². The van der Waals surface area contributed by atoms with Crippen LogP contribution >= 0.6 is 24.0 Å². The van der Waals surface area contributed by atoms with E-state index < -0.39 is 4.92 Å². The standard InChI is InChI=1S/C12H14ClN3O3.ClH/c1-8-7-14-4-5-15(8)12(17)10-3-2-9(13)6-11(10)16(18)19;/h2-3,6,8,14H,4-5,7H2,1H3;1H/t8-;/m1./s1. The van der Waals surface area contributed by atoms with Gasteiger partial charge in [0.1, 0.15) is 5.56 Å². The lowest BCUT2D eigenvalue weighted by Gasteiger charge is -2.33. The minimum absolute atomic E-state index is 0. The van der Waals surface area contributed by atoms with Gasteiger partial charge >= 0.3 is 0 Å². The number of hydrogen-bond donors (Lipinski definition) is 1. The van der Waals surface area contributed by atoms with E-state index in [4.69, 9.17) is 11.6 Å². The number of nitrogens with one attached hydrogen (secondary N) is 1. The highest BCUT2D eigenvalue weighted by Gasteiger charge is 2.29. The van der Waals surface area contributed by atoms with Gasteiger partial charge in [-0.1, -0.05) is 11.6 Å². The Morgan fingerprint density at radius 2 is 2.25 bits per heavy atom. The summed E-state index contributed by atoms with van der Waals surface area (Å²) in [6.07, 6.45) is 0. The van der Waals surface area contributed by atoms with Gasteiger partial charge in [0, 0.05) is 36.8 Å². The summed E-state index contributed by atoms with van der Waals surface area (Å²) in [4.78, 5) is 24.5. The summed E-state index contributed by atoms with van der Waals surface area (Å²) in [7, 11) is 0. The van der Waals surface area contributed by atoms with E-state index >= 15 is 0 Å². The van der Waals surface area contributed by atoms with Crippen molar-refractivity contribution in [1.29, 1.82) is 0 Å². The molecule has 2 rings (SSSR count). The number of carbonyl (C=O) groups excluding carboxylic acids is 1. The van der Waals surface area contributed by atoms with Crippen molar-refractivity contribution in [3.05, 3.63) is 38.9 Å². The van der Waals surface area contributed by atoms with E-state index in [2.05, 4.69) is 5.32 Å². The van der Waals surface area contributed by atoms with Gasteiger partial charge < -0.3 is 10.2 Å². The van der Waals surface area contributed by atoms with Crippen LogP contribution in [-0.4, -0.2) is 41.4 Å². The van der Waals surface area contributed by atoms with Crippen LogP contribution in [0.3, 0.4) is 0 Å². The van der Waals surface area contributed by atoms with Crippen molar-refractivity contribution in [2.45, 2.75) is 13.0 Å². The molecule has 1 atom stereocenters. The average Bonchev–Trinajstić information content (AvgIpc) is 2.38. The second kappa shape index (κ2) is 6.88. The monoisotopic (exact) mass is 319 g/mol. The van der Waals surface area contributed by atoms with Crippen LogP contribution in [0.15, 0.2) is 18.2 Å². The first kappa shape index (κ1) is 16.7. The highest BCUT2D eigenvalue weighted by atomic mass is 35.5. The topological polar surface area (TPSA) is 75.5 Å². The van der Waals surface area contributed by atoms with Crippen LogP contribution in [0, 0.1) is 10.1 Å². The number of halogens is 2. The molecule has 0 spiro atoms. The van der Waals surface area contributed by atoms with E-state index in [1.165, 1.54) is 18.2 Å². The second-order valence-electron chi connectivity index (χ2n) is 4.47. The molecular weight excluding hydrogens is 305 g/mol. The molecule has 1 aromatic rings. The Labute approximate surface area is 127 Å². The first-order valence-electron chi connectivity index (χ1n) is 5.96. The first-order chi connectivity index (χ1) is 9.00. The van der Waals surface area contributed by atoms with E-state index in [0.29, 0.717) is 19.6 Å². The van der Waals surface area contributed by atoms with Gasteiger partial charge in [-0.3, -0.25) is 14.9 Å². The molecule has 1 saturated heterocycles. The molecule has 1 aromatic carbocycles.